The van der Waals surface area contributed by atoms with E-state index in [1.807, 2.05) is 6.92 Å². The van der Waals surface area contributed by atoms with Crippen molar-refractivity contribution >= 4 is 0 Å². The highest BCUT2D eigenvalue weighted by Gasteiger charge is 2.28. The van der Waals surface area contributed by atoms with Crippen LogP contribution in [0.4, 0.5) is 0 Å². The molecule has 0 aliphatic carbocycles. The summed E-state index contributed by atoms with van der Waals surface area (Å²) in [6.07, 6.45) is 6.28. The molecule has 1 heterocycles. The number of rotatable bonds is 5. The summed E-state index contributed by atoms with van der Waals surface area (Å²) in [5.41, 5.74) is -0.375. The van der Waals surface area contributed by atoms with E-state index in [1.54, 1.807) is 0 Å². The van der Waals surface area contributed by atoms with Gasteiger partial charge in [-0.3, -0.25) is 5.32 Å². The Bertz CT molecular complexity index is 251. The molecule has 1 N–H and O–H groups in total. The molecule has 0 aromatic carbocycles. The monoisotopic (exact) mass is 237 g/mol. The average molecular weight is 237 g/mol. The molecule has 1 rings (SSSR count). The van der Waals surface area contributed by atoms with Crippen molar-refractivity contribution in [1.82, 2.24) is 10.2 Å². The predicted molar refractivity (Wildman–Crippen MR) is 71.8 cm³/mol. The van der Waals surface area contributed by atoms with Gasteiger partial charge in [0.1, 0.15) is 5.54 Å². The van der Waals surface area contributed by atoms with Crippen LogP contribution in [0.15, 0.2) is 0 Å². The van der Waals surface area contributed by atoms with Crippen molar-refractivity contribution in [2.24, 2.45) is 0 Å². The van der Waals surface area contributed by atoms with Crippen LogP contribution in [0.2, 0.25) is 0 Å². The summed E-state index contributed by atoms with van der Waals surface area (Å²) in [5, 5.41) is 12.6. The van der Waals surface area contributed by atoms with E-state index in [4.69, 9.17) is 0 Å². The molecule has 3 nitrogen and oxygen atoms in total. The molecule has 0 saturated carbocycles. The Morgan fingerprint density at radius 1 is 1.29 bits per heavy atom. The molecule has 0 bridgehead atoms. The van der Waals surface area contributed by atoms with Crippen molar-refractivity contribution in [3.63, 3.8) is 0 Å². The Morgan fingerprint density at radius 2 is 1.88 bits per heavy atom. The highest BCUT2D eigenvalue weighted by molar-refractivity contribution is 5.05. The van der Waals surface area contributed by atoms with Crippen molar-refractivity contribution in [1.29, 1.82) is 5.26 Å². The molecule has 0 radical (unpaired) electrons. The SMILES string of the molecule is CCNC(C)(C#N)CC(C)N1CCCCCC1. The Kier molecular flexibility index (Phi) is 5.94. The van der Waals surface area contributed by atoms with Gasteiger partial charge in [0.25, 0.3) is 0 Å². The smallest absolute Gasteiger partial charge is 0.105 e. The average Bonchev–Trinajstić information content (AvgIpc) is 2.57. The van der Waals surface area contributed by atoms with Gasteiger partial charge >= 0.3 is 0 Å². The van der Waals surface area contributed by atoms with Crippen LogP contribution in [-0.4, -0.2) is 36.1 Å². The fourth-order valence-electron chi connectivity index (χ4n) is 2.80. The van der Waals surface area contributed by atoms with Gasteiger partial charge in [-0.2, -0.15) is 5.26 Å². The Morgan fingerprint density at radius 3 is 2.35 bits per heavy atom. The summed E-state index contributed by atoms with van der Waals surface area (Å²) < 4.78 is 0. The summed E-state index contributed by atoms with van der Waals surface area (Å²) in [4.78, 5) is 2.56. The van der Waals surface area contributed by atoms with Crippen LogP contribution < -0.4 is 5.32 Å². The first kappa shape index (κ1) is 14.5. The summed E-state index contributed by atoms with van der Waals surface area (Å²) in [7, 11) is 0. The van der Waals surface area contributed by atoms with Gasteiger partial charge in [-0.1, -0.05) is 19.8 Å². The molecule has 1 aliphatic rings. The molecule has 1 aliphatic heterocycles. The number of hydrogen-bond donors (Lipinski definition) is 1. The Hall–Kier alpha value is -0.590. The van der Waals surface area contributed by atoms with Gasteiger partial charge in [-0.15, -0.1) is 0 Å². The molecule has 0 aromatic rings. The summed E-state index contributed by atoms with van der Waals surface area (Å²) in [6.45, 7) is 9.61. The molecule has 2 atom stereocenters. The lowest BCUT2D eigenvalue weighted by Gasteiger charge is -2.33. The quantitative estimate of drug-likeness (QED) is 0.798. The van der Waals surface area contributed by atoms with Crippen LogP contribution in [0, 0.1) is 11.3 Å². The van der Waals surface area contributed by atoms with Gasteiger partial charge in [0.15, 0.2) is 0 Å². The van der Waals surface area contributed by atoms with Gasteiger partial charge in [-0.25, -0.2) is 0 Å². The number of nitrogens with zero attached hydrogens (tertiary/aromatic N) is 2. The first-order chi connectivity index (χ1) is 8.11. The second-order valence-electron chi connectivity index (χ2n) is 5.48. The van der Waals surface area contributed by atoms with Crippen molar-refractivity contribution in [3.8, 4) is 6.07 Å². The number of hydrogen-bond acceptors (Lipinski definition) is 3. The molecular weight excluding hydrogens is 210 g/mol. The van der Waals surface area contributed by atoms with Crippen molar-refractivity contribution < 1.29 is 0 Å². The van der Waals surface area contributed by atoms with Crippen LogP contribution in [-0.2, 0) is 0 Å². The highest BCUT2D eigenvalue weighted by Crippen LogP contribution is 2.19. The molecule has 3 heteroatoms. The molecular formula is C14H27N3. The maximum Gasteiger partial charge on any atom is 0.105 e. The molecule has 17 heavy (non-hydrogen) atoms. The standard InChI is InChI=1S/C14H27N3/c1-4-16-14(3,12-15)11-13(2)17-9-7-5-6-8-10-17/h13,16H,4-11H2,1-3H3. The first-order valence-corrected chi connectivity index (χ1v) is 7.01. The fourth-order valence-corrected chi connectivity index (χ4v) is 2.80. The minimum absolute atomic E-state index is 0.375. The van der Waals surface area contributed by atoms with E-state index in [1.165, 1.54) is 38.8 Å². The van der Waals surface area contributed by atoms with Crippen LogP contribution in [0.25, 0.3) is 0 Å². The number of nitrogens with one attached hydrogen (secondary N) is 1. The van der Waals surface area contributed by atoms with E-state index < -0.39 is 0 Å². The minimum atomic E-state index is -0.375. The molecule has 0 spiro atoms. The molecule has 98 valence electrons. The molecule has 1 fully saturated rings. The summed E-state index contributed by atoms with van der Waals surface area (Å²) >= 11 is 0. The van der Waals surface area contributed by atoms with Gasteiger partial charge in [0.2, 0.25) is 0 Å². The molecule has 2 unspecified atom stereocenters. The van der Waals surface area contributed by atoms with Gasteiger partial charge in [-0.05, 0) is 52.7 Å². The van der Waals surface area contributed by atoms with E-state index in [0.717, 1.165) is 13.0 Å². The van der Waals surface area contributed by atoms with Crippen molar-refractivity contribution in [3.05, 3.63) is 0 Å². The van der Waals surface area contributed by atoms with Crippen molar-refractivity contribution in [2.45, 2.75) is 64.5 Å². The van der Waals surface area contributed by atoms with E-state index in [2.05, 4.69) is 30.1 Å². The topological polar surface area (TPSA) is 39.1 Å². The van der Waals surface area contributed by atoms with Gasteiger partial charge in [0, 0.05) is 6.04 Å². The number of nitriles is 1. The Balaban J connectivity index is 2.51. The normalized spacial score (nSPS) is 23.4. The van der Waals surface area contributed by atoms with E-state index in [0.29, 0.717) is 6.04 Å². The lowest BCUT2D eigenvalue weighted by molar-refractivity contribution is 0.183. The predicted octanol–water partition coefficient (Wildman–Crippen LogP) is 2.53. The van der Waals surface area contributed by atoms with Crippen LogP contribution in [0.3, 0.4) is 0 Å². The van der Waals surface area contributed by atoms with Crippen LogP contribution in [0.1, 0.15) is 52.9 Å². The zero-order valence-corrected chi connectivity index (χ0v) is 11.6. The maximum atomic E-state index is 9.29. The third-order valence-electron chi connectivity index (χ3n) is 3.78. The zero-order chi connectivity index (χ0) is 12.7. The highest BCUT2D eigenvalue weighted by atomic mass is 15.2. The van der Waals surface area contributed by atoms with Crippen LogP contribution >= 0.6 is 0 Å². The second-order valence-corrected chi connectivity index (χ2v) is 5.48. The summed E-state index contributed by atoms with van der Waals surface area (Å²) in [5.74, 6) is 0. The van der Waals surface area contributed by atoms with Crippen LogP contribution in [0.5, 0.6) is 0 Å². The fraction of sp³-hybridized carbons (Fsp3) is 0.929. The molecule has 1 saturated heterocycles. The van der Waals surface area contributed by atoms with Crippen molar-refractivity contribution in [2.75, 3.05) is 19.6 Å². The first-order valence-electron chi connectivity index (χ1n) is 7.01. The Labute approximate surface area is 106 Å². The maximum absolute atomic E-state index is 9.29. The van der Waals surface area contributed by atoms with Gasteiger partial charge in [0.05, 0.1) is 6.07 Å². The summed E-state index contributed by atoms with van der Waals surface area (Å²) in [6, 6.07) is 2.92. The second kappa shape index (κ2) is 6.98. The third kappa shape index (κ3) is 4.65. The number of likely N-dealkylation sites (tertiary alicyclic amines) is 1. The third-order valence-corrected chi connectivity index (χ3v) is 3.78. The molecule has 0 aromatic heterocycles. The molecule has 0 amide bonds. The lowest BCUT2D eigenvalue weighted by atomic mass is 9.94. The van der Waals surface area contributed by atoms with Gasteiger partial charge < -0.3 is 4.90 Å². The van der Waals surface area contributed by atoms with E-state index in [-0.39, 0.29) is 5.54 Å². The minimum Gasteiger partial charge on any atom is -0.301 e. The zero-order valence-electron chi connectivity index (χ0n) is 11.6. The lowest BCUT2D eigenvalue weighted by Crippen LogP contribution is -2.47. The van der Waals surface area contributed by atoms with E-state index >= 15 is 0 Å². The van der Waals surface area contributed by atoms with E-state index in [9.17, 15) is 5.26 Å². The largest absolute Gasteiger partial charge is 0.301 e.